The summed E-state index contributed by atoms with van der Waals surface area (Å²) in [6.07, 6.45) is 1.89. The topological polar surface area (TPSA) is 86.6 Å². The van der Waals surface area contributed by atoms with Crippen LogP contribution in [0.25, 0.3) is 0 Å². The van der Waals surface area contributed by atoms with Crippen molar-refractivity contribution in [3.05, 3.63) is 35.9 Å². The molecule has 0 spiro atoms. The Balaban J connectivity index is 2.04. The van der Waals surface area contributed by atoms with Gasteiger partial charge in [0.05, 0.1) is 24.5 Å². The Kier molecular flexibility index (Phi) is 4.74. The Morgan fingerprint density at radius 2 is 1.85 bits per heavy atom. The first-order valence-corrected chi connectivity index (χ1v) is 6.82. The van der Waals surface area contributed by atoms with Gasteiger partial charge in [-0.3, -0.25) is 9.59 Å². The molecule has 3 N–H and O–H groups in total. The van der Waals surface area contributed by atoms with E-state index in [2.05, 4.69) is 5.32 Å². The van der Waals surface area contributed by atoms with Crippen molar-refractivity contribution in [3.8, 4) is 0 Å². The van der Waals surface area contributed by atoms with Crippen molar-refractivity contribution < 1.29 is 19.8 Å². The van der Waals surface area contributed by atoms with Gasteiger partial charge in [-0.05, 0) is 18.4 Å². The highest BCUT2D eigenvalue weighted by Gasteiger charge is 2.38. The number of hydrogen-bond acceptors (Lipinski definition) is 3. The highest BCUT2D eigenvalue weighted by atomic mass is 16.4. The predicted molar refractivity (Wildman–Crippen MR) is 72.9 cm³/mol. The van der Waals surface area contributed by atoms with Crippen molar-refractivity contribution >= 4 is 11.9 Å². The number of aliphatic hydroxyl groups excluding tert-OH is 1. The van der Waals surface area contributed by atoms with Gasteiger partial charge < -0.3 is 15.5 Å². The third-order valence-corrected chi connectivity index (χ3v) is 3.87. The molecular formula is C15H19NO4. The molecule has 3 atom stereocenters. The summed E-state index contributed by atoms with van der Waals surface area (Å²) in [6, 6.07) is 8.69. The van der Waals surface area contributed by atoms with Crippen LogP contribution in [-0.4, -0.2) is 28.7 Å². The Morgan fingerprint density at radius 3 is 2.45 bits per heavy atom. The maximum Gasteiger partial charge on any atom is 0.307 e. The van der Waals surface area contributed by atoms with Crippen LogP contribution < -0.4 is 5.32 Å². The summed E-state index contributed by atoms with van der Waals surface area (Å²) in [4.78, 5) is 23.3. The average Bonchev–Trinajstić information content (AvgIpc) is 2.95. The lowest BCUT2D eigenvalue weighted by Gasteiger charge is -2.21. The smallest absolute Gasteiger partial charge is 0.307 e. The first-order chi connectivity index (χ1) is 9.63. The van der Waals surface area contributed by atoms with Gasteiger partial charge in [0.15, 0.2) is 0 Å². The van der Waals surface area contributed by atoms with Crippen LogP contribution >= 0.6 is 0 Å². The number of carboxylic acids is 1. The van der Waals surface area contributed by atoms with E-state index in [9.17, 15) is 14.7 Å². The number of carboxylic acid groups (broad SMARTS) is 1. The molecule has 1 fully saturated rings. The Bertz CT molecular complexity index is 474. The van der Waals surface area contributed by atoms with E-state index < -0.39 is 23.8 Å². The minimum absolute atomic E-state index is 0.208. The highest BCUT2D eigenvalue weighted by molar-refractivity contribution is 5.85. The fourth-order valence-corrected chi connectivity index (χ4v) is 2.77. The molecule has 1 amide bonds. The Labute approximate surface area is 117 Å². The number of amides is 1. The van der Waals surface area contributed by atoms with Crippen LogP contribution in [0.15, 0.2) is 30.3 Å². The van der Waals surface area contributed by atoms with E-state index in [0.717, 1.165) is 12.0 Å². The van der Waals surface area contributed by atoms with Crippen LogP contribution in [0.4, 0.5) is 0 Å². The Hall–Kier alpha value is -1.88. The van der Waals surface area contributed by atoms with Gasteiger partial charge in [0.1, 0.15) is 0 Å². The van der Waals surface area contributed by atoms with Gasteiger partial charge in [0.2, 0.25) is 5.91 Å². The fraction of sp³-hybridized carbons (Fsp3) is 0.467. The van der Waals surface area contributed by atoms with Gasteiger partial charge in [0, 0.05) is 0 Å². The van der Waals surface area contributed by atoms with Gasteiger partial charge in [0.25, 0.3) is 0 Å². The van der Waals surface area contributed by atoms with Crippen molar-refractivity contribution in [1.82, 2.24) is 5.32 Å². The van der Waals surface area contributed by atoms with Crippen molar-refractivity contribution in [3.63, 3.8) is 0 Å². The second kappa shape index (κ2) is 6.52. The Morgan fingerprint density at radius 1 is 1.20 bits per heavy atom. The molecule has 1 aromatic rings. The number of rotatable bonds is 5. The van der Waals surface area contributed by atoms with Crippen molar-refractivity contribution in [2.24, 2.45) is 11.8 Å². The van der Waals surface area contributed by atoms with Crippen LogP contribution in [0.2, 0.25) is 0 Å². The van der Waals surface area contributed by atoms with Crippen molar-refractivity contribution in [1.29, 1.82) is 0 Å². The molecular weight excluding hydrogens is 258 g/mol. The summed E-state index contributed by atoms with van der Waals surface area (Å²) >= 11 is 0. The van der Waals surface area contributed by atoms with Crippen LogP contribution in [0.3, 0.4) is 0 Å². The number of carbonyl (C=O) groups is 2. The minimum Gasteiger partial charge on any atom is -0.481 e. The quantitative estimate of drug-likeness (QED) is 0.758. The monoisotopic (exact) mass is 277 g/mol. The molecule has 0 aromatic heterocycles. The molecule has 108 valence electrons. The maximum absolute atomic E-state index is 12.2. The predicted octanol–water partition coefficient (Wildman–Crippen LogP) is 1.34. The van der Waals surface area contributed by atoms with Gasteiger partial charge in [-0.2, -0.15) is 0 Å². The van der Waals surface area contributed by atoms with Crippen LogP contribution in [0, 0.1) is 11.8 Å². The number of aliphatic carboxylic acids is 1. The molecule has 1 saturated carbocycles. The lowest BCUT2D eigenvalue weighted by molar-refractivity contribution is -0.146. The summed E-state index contributed by atoms with van der Waals surface area (Å²) in [5.74, 6) is -2.30. The first kappa shape index (κ1) is 14.5. The number of hydrogen-bond donors (Lipinski definition) is 3. The lowest BCUT2D eigenvalue weighted by atomic mass is 9.94. The molecule has 0 heterocycles. The largest absolute Gasteiger partial charge is 0.481 e. The molecule has 2 rings (SSSR count). The van der Waals surface area contributed by atoms with E-state index in [0.29, 0.717) is 12.8 Å². The molecule has 20 heavy (non-hydrogen) atoms. The fourth-order valence-electron chi connectivity index (χ4n) is 2.77. The zero-order chi connectivity index (χ0) is 14.5. The van der Waals surface area contributed by atoms with Crippen molar-refractivity contribution in [2.75, 3.05) is 6.61 Å². The zero-order valence-electron chi connectivity index (χ0n) is 11.2. The van der Waals surface area contributed by atoms with E-state index in [1.165, 1.54) is 0 Å². The van der Waals surface area contributed by atoms with Gasteiger partial charge in [-0.1, -0.05) is 36.8 Å². The number of carbonyl (C=O) groups excluding carboxylic acids is 1. The molecule has 0 bridgehead atoms. The summed E-state index contributed by atoms with van der Waals surface area (Å²) in [5, 5.41) is 21.3. The van der Waals surface area contributed by atoms with E-state index in [4.69, 9.17) is 5.11 Å². The van der Waals surface area contributed by atoms with Crippen LogP contribution in [-0.2, 0) is 9.59 Å². The molecule has 5 nitrogen and oxygen atoms in total. The van der Waals surface area contributed by atoms with Crippen LogP contribution in [0.1, 0.15) is 30.9 Å². The average molecular weight is 277 g/mol. The third-order valence-electron chi connectivity index (χ3n) is 3.87. The third kappa shape index (κ3) is 3.17. The van der Waals surface area contributed by atoms with Crippen molar-refractivity contribution in [2.45, 2.75) is 25.3 Å². The summed E-state index contributed by atoms with van der Waals surface area (Å²) in [6.45, 7) is -0.208. The van der Waals surface area contributed by atoms with Gasteiger partial charge >= 0.3 is 5.97 Å². The van der Waals surface area contributed by atoms with Gasteiger partial charge in [-0.15, -0.1) is 0 Å². The first-order valence-electron chi connectivity index (χ1n) is 6.82. The van der Waals surface area contributed by atoms with Crippen LogP contribution in [0.5, 0.6) is 0 Å². The molecule has 0 saturated heterocycles. The molecule has 1 aromatic carbocycles. The lowest BCUT2D eigenvalue weighted by Crippen LogP contribution is -2.38. The minimum atomic E-state index is -0.914. The zero-order valence-corrected chi connectivity index (χ0v) is 11.2. The number of nitrogens with one attached hydrogen (secondary N) is 1. The second-order valence-corrected chi connectivity index (χ2v) is 5.14. The van der Waals surface area contributed by atoms with E-state index >= 15 is 0 Å². The standard InChI is InChI=1S/C15H19NO4/c17-9-13(10-5-2-1-3-6-10)16-14(18)11-7-4-8-12(11)15(19)20/h1-3,5-6,11-13,17H,4,7-9H2,(H,16,18)(H,19,20)/t11-,12+,13?/m1/s1. The van der Waals surface area contributed by atoms with E-state index in [-0.39, 0.29) is 12.5 Å². The summed E-state index contributed by atoms with van der Waals surface area (Å²) < 4.78 is 0. The molecule has 5 heteroatoms. The SMILES string of the molecule is O=C(O)[C@H]1CCC[C@H]1C(=O)NC(CO)c1ccccc1. The van der Waals surface area contributed by atoms with E-state index in [1.54, 1.807) is 0 Å². The van der Waals surface area contributed by atoms with Gasteiger partial charge in [-0.25, -0.2) is 0 Å². The highest BCUT2D eigenvalue weighted by Crippen LogP contribution is 2.32. The molecule has 0 aliphatic heterocycles. The molecule has 1 aliphatic rings. The normalized spacial score (nSPS) is 23.2. The number of aliphatic hydroxyl groups is 1. The molecule has 1 unspecified atom stereocenters. The summed E-state index contributed by atoms with van der Waals surface area (Å²) in [7, 11) is 0. The molecule has 0 radical (unpaired) electrons. The second-order valence-electron chi connectivity index (χ2n) is 5.14. The molecule has 1 aliphatic carbocycles. The maximum atomic E-state index is 12.2. The summed E-state index contributed by atoms with van der Waals surface area (Å²) in [5.41, 5.74) is 0.813. The van der Waals surface area contributed by atoms with E-state index in [1.807, 2.05) is 30.3 Å². The number of benzene rings is 1.